The Morgan fingerprint density at radius 3 is 2.33 bits per heavy atom. The first-order valence-electron chi connectivity index (χ1n) is 11.5. The molecule has 0 aliphatic heterocycles. The highest BCUT2D eigenvalue weighted by molar-refractivity contribution is 5.85. The van der Waals surface area contributed by atoms with E-state index in [1.54, 1.807) is 36.4 Å². The molecule has 1 fully saturated rings. The molecule has 1 aliphatic carbocycles. The third kappa shape index (κ3) is 8.92. The molecule has 33 heavy (non-hydrogen) atoms. The van der Waals surface area contributed by atoms with Gasteiger partial charge in [0.05, 0.1) is 12.7 Å². The van der Waals surface area contributed by atoms with Crippen molar-refractivity contribution in [2.45, 2.75) is 37.9 Å². The minimum Gasteiger partial charge on any atom is -0.491 e. The lowest BCUT2D eigenvalue weighted by molar-refractivity contribution is 0.0382. The van der Waals surface area contributed by atoms with Gasteiger partial charge in [-0.1, -0.05) is 31.0 Å². The third-order valence-electron chi connectivity index (χ3n) is 5.46. The average Bonchev–Trinajstić information content (AvgIpc) is 3.35. The predicted molar refractivity (Wildman–Crippen MR) is 126 cm³/mol. The number of nitrogens with one attached hydrogen (secondary N) is 1. The number of amides is 1. The summed E-state index contributed by atoms with van der Waals surface area (Å²) < 4.78 is 17.1. The van der Waals surface area contributed by atoms with Crippen LogP contribution in [0.4, 0.5) is 10.5 Å². The number of hydrogen-bond donors (Lipinski definition) is 3. The maximum absolute atomic E-state index is 11.5. The summed E-state index contributed by atoms with van der Waals surface area (Å²) in [6.45, 7) is 2.23. The number of rotatable bonds is 14. The number of nitrogens with zero attached hydrogens (tertiary/aromatic N) is 1. The van der Waals surface area contributed by atoms with Crippen LogP contribution >= 0.6 is 0 Å². The lowest BCUT2D eigenvalue weighted by Gasteiger charge is -2.20. The topological polar surface area (TPSA) is 100 Å². The molecule has 180 valence electrons. The van der Waals surface area contributed by atoms with Gasteiger partial charge in [-0.15, -0.1) is 0 Å². The highest BCUT2D eigenvalue weighted by Gasteiger charge is 2.15. The molecule has 3 rings (SSSR count). The van der Waals surface area contributed by atoms with Crippen LogP contribution in [0.25, 0.3) is 0 Å². The Labute approximate surface area is 195 Å². The third-order valence-corrected chi connectivity index (χ3v) is 5.46. The van der Waals surface area contributed by atoms with E-state index in [1.165, 1.54) is 17.7 Å². The molecular formula is C25H34N2O6. The van der Waals surface area contributed by atoms with Gasteiger partial charge < -0.3 is 29.7 Å². The average molecular weight is 459 g/mol. The molecule has 8 nitrogen and oxygen atoms in total. The van der Waals surface area contributed by atoms with E-state index in [2.05, 4.69) is 5.32 Å². The molecule has 2 aromatic rings. The zero-order valence-electron chi connectivity index (χ0n) is 18.9. The number of benzene rings is 2. The first-order valence-corrected chi connectivity index (χ1v) is 11.5. The van der Waals surface area contributed by atoms with E-state index < -0.39 is 12.2 Å². The van der Waals surface area contributed by atoms with Gasteiger partial charge in [0.1, 0.15) is 30.8 Å². The molecule has 1 atom stereocenters. The summed E-state index contributed by atoms with van der Waals surface area (Å²) in [7, 11) is 0. The standard InChI is InChI=1S/C25H34N2O6/c28-21(18-26-14-15-27(25(29)30)20-6-2-1-3-7-20)19-33-24-12-10-23(11-13-24)32-17-16-31-22-8-4-5-9-22/h1-3,6-7,10-13,21-22,26,28H,4-5,8-9,14-19H2,(H,29,30). The van der Waals surface area contributed by atoms with Crippen LogP contribution in [0.1, 0.15) is 25.7 Å². The second-order valence-corrected chi connectivity index (χ2v) is 8.04. The summed E-state index contributed by atoms with van der Waals surface area (Å²) in [6, 6.07) is 16.2. The highest BCUT2D eigenvalue weighted by atomic mass is 16.5. The Morgan fingerprint density at radius 1 is 1.00 bits per heavy atom. The van der Waals surface area contributed by atoms with E-state index in [4.69, 9.17) is 14.2 Å². The summed E-state index contributed by atoms with van der Waals surface area (Å²) in [5.41, 5.74) is 0.615. The number of carboxylic acid groups (broad SMARTS) is 1. The fraction of sp³-hybridized carbons (Fsp3) is 0.480. The minimum absolute atomic E-state index is 0.129. The number of anilines is 1. The largest absolute Gasteiger partial charge is 0.491 e. The van der Waals surface area contributed by atoms with Gasteiger partial charge >= 0.3 is 6.09 Å². The molecule has 1 amide bonds. The van der Waals surface area contributed by atoms with Gasteiger partial charge in [0, 0.05) is 25.3 Å². The number of para-hydroxylation sites is 1. The second kappa shape index (κ2) is 13.7. The van der Waals surface area contributed by atoms with Crippen molar-refractivity contribution in [2.75, 3.05) is 44.4 Å². The molecule has 0 bridgehead atoms. The summed E-state index contributed by atoms with van der Waals surface area (Å²) in [5.74, 6) is 1.39. The van der Waals surface area contributed by atoms with E-state index in [1.807, 2.05) is 18.2 Å². The van der Waals surface area contributed by atoms with Crippen molar-refractivity contribution in [3.05, 3.63) is 54.6 Å². The predicted octanol–water partition coefficient (Wildman–Crippen LogP) is 3.54. The SMILES string of the molecule is O=C(O)N(CCNCC(O)COc1ccc(OCCOC2CCCC2)cc1)c1ccccc1. The van der Waals surface area contributed by atoms with Crippen molar-refractivity contribution < 1.29 is 29.2 Å². The van der Waals surface area contributed by atoms with Crippen LogP contribution in [-0.2, 0) is 4.74 Å². The van der Waals surface area contributed by atoms with Gasteiger partial charge in [0.2, 0.25) is 0 Å². The lowest BCUT2D eigenvalue weighted by atomic mass is 10.3. The van der Waals surface area contributed by atoms with Crippen LogP contribution in [0.3, 0.4) is 0 Å². The monoisotopic (exact) mass is 458 g/mol. The van der Waals surface area contributed by atoms with Gasteiger partial charge in [-0.2, -0.15) is 0 Å². The Balaban J connectivity index is 1.27. The molecule has 0 spiro atoms. The summed E-state index contributed by atoms with van der Waals surface area (Å²) in [4.78, 5) is 12.7. The summed E-state index contributed by atoms with van der Waals surface area (Å²) in [5, 5.41) is 22.6. The normalized spacial score (nSPS) is 14.7. The zero-order chi connectivity index (χ0) is 23.3. The number of carbonyl (C=O) groups is 1. The van der Waals surface area contributed by atoms with E-state index in [0.717, 1.165) is 18.6 Å². The molecule has 0 radical (unpaired) electrons. The van der Waals surface area contributed by atoms with E-state index in [9.17, 15) is 15.0 Å². The first kappa shape index (κ1) is 24.8. The van der Waals surface area contributed by atoms with Gasteiger partial charge in [-0.05, 0) is 49.2 Å². The first-order chi connectivity index (χ1) is 16.1. The fourth-order valence-corrected chi connectivity index (χ4v) is 3.72. The Bertz CT molecular complexity index is 811. The van der Waals surface area contributed by atoms with E-state index >= 15 is 0 Å². The zero-order valence-corrected chi connectivity index (χ0v) is 18.9. The van der Waals surface area contributed by atoms with Crippen molar-refractivity contribution in [1.82, 2.24) is 5.32 Å². The maximum atomic E-state index is 11.5. The summed E-state index contributed by atoms with van der Waals surface area (Å²) >= 11 is 0. The highest BCUT2D eigenvalue weighted by Crippen LogP contribution is 2.21. The maximum Gasteiger partial charge on any atom is 0.411 e. The molecule has 2 aromatic carbocycles. The van der Waals surface area contributed by atoms with Gasteiger partial charge in [-0.25, -0.2) is 4.79 Å². The minimum atomic E-state index is -1.01. The fourth-order valence-electron chi connectivity index (χ4n) is 3.72. The molecule has 8 heteroatoms. The molecule has 3 N–H and O–H groups in total. The van der Waals surface area contributed by atoms with Crippen molar-refractivity contribution in [3.63, 3.8) is 0 Å². The Hall–Kier alpha value is -2.81. The molecule has 0 saturated heterocycles. The molecule has 1 unspecified atom stereocenters. The van der Waals surface area contributed by atoms with Crippen molar-refractivity contribution in [1.29, 1.82) is 0 Å². The number of ether oxygens (including phenoxy) is 3. The van der Waals surface area contributed by atoms with Crippen molar-refractivity contribution in [2.24, 2.45) is 0 Å². The number of aliphatic hydroxyl groups excluding tert-OH is 1. The quantitative estimate of drug-likeness (QED) is 0.372. The van der Waals surface area contributed by atoms with Gasteiger partial charge in [0.15, 0.2) is 0 Å². The van der Waals surface area contributed by atoms with Gasteiger partial charge in [-0.3, -0.25) is 4.90 Å². The molecule has 0 heterocycles. The van der Waals surface area contributed by atoms with Crippen molar-refractivity contribution in [3.8, 4) is 11.5 Å². The molecular weight excluding hydrogens is 424 g/mol. The Kier molecular flexibility index (Phi) is 10.3. The molecule has 1 aliphatic rings. The lowest BCUT2D eigenvalue weighted by Crippen LogP contribution is -2.39. The van der Waals surface area contributed by atoms with Crippen LogP contribution in [0.5, 0.6) is 11.5 Å². The van der Waals surface area contributed by atoms with Crippen molar-refractivity contribution >= 4 is 11.8 Å². The molecule has 0 aromatic heterocycles. The number of aliphatic hydroxyl groups is 1. The summed E-state index contributed by atoms with van der Waals surface area (Å²) in [6.07, 6.45) is 3.49. The van der Waals surface area contributed by atoms with E-state index in [-0.39, 0.29) is 13.2 Å². The van der Waals surface area contributed by atoms with Crippen LogP contribution in [0, 0.1) is 0 Å². The van der Waals surface area contributed by atoms with Crippen LogP contribution in [0.2, 0.25) is 0 Å². The van der Waals surface area contributed by atoms with Crippen LogP contribution in [0.15, 0.2) is 54.6 Å². The number of hydrogen-bond acceptors (Lipinski definition) is 6. The van der Waals surface area contributed by atoms with Crippen LogP contribution < -0.4 is 19.7 Å². The molecule has 1 saturated carbocycles. The Morgan fingerprint density at radius 2 is 1.67 bits per heavy atom. The van der Waals surface area contributed by atoms with Crippen LogP contribution in [-0.4, -0.2) is 68.0 Å². The van der Waals surface area contributed by atoms with E-state index in [0.29, 0.717) is 43.8 Å². The smallest absolute Gasteiger partial charge is 0.411 e. The van der Waals surface area contributed by atoms with Gasteiger partial charge in [0.25, 0.3) is 0 Å². The second-order valence-electron chi connectivity index (χ2n) is 8.04.